The van der Waals surface area contributed by atoms with Crippen LogP contribution < -0.4 is 10.6 Å². The van der Waals surface area contributed by atoms with Crippen molar-refractivity contribution >= 4 is 17.6 Å². The first kappa shape index (κ1) is 17.0. The average Bonchev–Trinajstić information content (AvgIpc) is 3.28. The van der Waals surface area contributed by atoms with E-state index in [0.717, 1.165) is 0 Å². The number of nitrogens with zero attached hydrogens (tertiary/aromatic N) is 1. The third-order valence-corrected chi connectivity index (χ3v) is 4.20. The van der Waals surface area contributed by atoms with Gasteiger partial charge in [-0.3, -0.25) is 4.79 Å². The van der Waals surface area contributed by atoms with E-state index >= 15 is 0 Å². The molecule has 2 N–H and O–H groups in total. The number of carbonyl (C=O) groups is 2. The number of carbonyl (C=O) groups excluding carboxylic acids is 2. The van der Waals surface area contributed by atoms with Gasteiger partial charge in [0.2, 0.25) is 5.91 Å². The summed E-state index contributed by atoms with van der Waals surface area (Å²) in [6.07, 6.45) is 2.67. The van der Waals surface area contributed by atoms with E-state index in [1.165, 1.54) is 18.4 Å². The van der Waals surface area contributed by atoms with Gasteiger partial charge in [0.15, 0.2) is 0 Å². The Bertz CT molecular complexity index is 761. The van der Waals surface area contributed by atoms with E-state index in [0.29, 0.717) is 37.3 Å². The number of rotatable bonds is 4. The predicted molar refractivity (Wildman–Crippen MR) is 91.5 cm³/mol. The van der Waals surface area contributed by atoms with Gasteiger partial charge in [-0.25, -0.2) is 9.18 Å². The van der Waals surface area contributed by atoms with Crippen molar-refractivity contribution in [1.82, 2.24) is 10.2 Å². The lowest BCUT2D eigenvalue weighted by atomic mass is 10.1. The normalized spacial score (nSPS) is 16.7. The largest absolute Gasteiger partial charge is 0.464 e. The molecular weight excluding hydrogens is 325 g/mol. The number of benzene rings is 1. The topological polar surface area (TPSA) is 74.6 Å². The van der Waals surface area contributed by atoms with Crippen LogP contribution in [0, 0.1) is 5.82 Å². The zero-order valence-electron chi connectivity index (χ0n) is 13.9. The molecule has 0 unspecified atom stereocenters. The molecule has 1 atom stereocenters. The minimum Gasteiger partial charge on any atom is -0.464 e. The van der Waals surface area contributed by atoms with E-state index < -0.39 is 11.8 Å². The minimum absolute atomic E-state index is 0.0712. The molecule has 3 rings (SSSR count). The van der Waals surface area contributed by atoms with Crippen molar-refractivity contribution in [2.24, 2.45) is 0 Å². The monoisotopic (exact) mass is 345 g/mol. The lowest BCUT2D eigenvalue weighted by Crippen LogP contribution is -2.40. The standard InChI is InChI=1S/C18H20FN3O3/c1-2-17(23)22-8-7-13(11-22)20-18(24)21-15-10-12(5-6-14(15)19)16-4-3-9-25-16/h3-6,9-10,13H,2,7-8,11H2,1H3,(H2,20,21,24)/t13-/m1/s1. The van der Waals surface area contributed by atoms with Gasteiger partial charge in [-0.1, -0.05) is 6.92 Å². The smallest absolute Gasteiger partial charge is 0.319 e. The van der Waals surface area contributed by atoms with Crippen molar-refractivity contribution < 1.29 is 18.4 Å². The van der Waals surface area contributed by atoms with Gasteiger partial charge in [0.05, 0.1) is 12.0 Å². The van der Waals surface area contributed by atoms with Gasteiger partial charge in [-0.2, -0.15) is 0 Å². The highest BCUT2D eigenvalue weighted by molar-refractivity contribution is 5.90. The fourth-order valence-corrected chi connectivity index (χ4v) is 2.89. The molecule has 0 aliphatic carbocycles. The number of anilines is 1. The third kappa shape index (κ3) is 3.99. The fourth-order valence-electron chi connectivity index (χ4n) is 2.89. The van der Waals surface area contributed by atoms with E-state index in [1.54, 1.807) is 23.1 Å². The Morgan fingerprint density at radius 1 is 1.36 bits per heavy atom. The van der Waals surface area contributed by atoms with Crippen LogP contribution in [-0.4, -0.2) is 36.0 Å². The second-order valence-corrected chi connectivity index (χ2v) is 5.95. The maximum absolute atomic E-state index is 14.0. The predicted octanol–water partition coefficient (Wildman–Crippen LogP) is 3.22. The summed E-state index contributed by atoms with van der Waals surface area (Å²) in [5.74, 6) is 0.134. The summed E-state index contributed by atoms with van der Waals surface area (Å²) in [6, 6.07) is 7.26. The summed E-state index contributed by atoms with van der Waals surface area (Å²) in [5, 5.41) is 5.31. The summed E-state index contributed by atoms with van der Waals surface area (Å²) in [6.45, 7) is 2.92. The van der Waals surface area contributed by atoms with Crippen LogP contribution in [0.25, 0.3) is 11.3 Å². The lowest BCUT2D eigenvalue weighted by molar-refractivity contribution is -0.129. The van der Waals surface area contributed by atoms with Crippen molar-refractivity contribution in [3.05, 3.63) is 42.4 Å². The number of urea groups is 1. The first-order valence-electron chi connectivity index (χ1n) is 8.25. The van der Waals surface area contributed by atoms with Crippen LogP contribution in [0.3, 0.4) is 0 Å². The minimum atomic E-state index is -0.528. The van der Waals surface area contributed by atoms with Crippen LogP contribution in [0.2, 0.25) is 0 Å². The molecule has 1 aliphatic rings. The van der Waals surface area contributed by atoms with Crippen molar-refractivity contribution in [3.63, 3.8) is 0 Å². The van der Waals surface area contributed by atoms with Gasteiger partial charge in [0.25, 0.3) is 0 Å². The number of furan rings is 1. The van der Waals surface area contributed by atoms with Crippen LogP contribution in [0.15, 0.2) is 41.0 Å². The van der Waals surface area contributed by atoms with Gasteiger partial charge < -0.3 is 20.0 Å². The van der Waals surface area contributed by atoms with Crippen LogP contribution in [0.1, 0.15) is 19.8 Å². The summed E-state index contributed by atoms with van der Waals surface area (Å²) < 4.78 is 19.3. The third-order valence-electron chi connectivity index (χ3n) is 4.20. The lowest BCUT2D eigenvalue weighted by Gasteiger charge is -2.17. The van der Waals surface area contributed by atoms with Crippen molar-refractivity contribution in [3.8, 4) is 11.3 Å². The molecule has 0 bridgehead atoms. The first-order valence-corrected chi connectivity index (χ1v) is 8.25. The number of nitrogens with one attached hydrogen (secondary N) is 2. The summed E-state index contributed by atoms with van der Waals surface area (Å²) in [4.78, 5) is 25.5. The molecule has 1 aliphatic heterocycles. The van der Waals surface area contributed by atoms with E-state index in [2.05, 4.69) is 10.6 Å². The zero-order valence-corrected chi connectivity index (χ0v) is 13.9. The zero-order chi connectivity index (χ0) is 17.8. The van der Waals surface area contributed by atoms with E-state index in [9.17, 15) is 14.0 Å². The Morgan fingerprint density at radius 3 is 2.92 bits per heavy atom. The molecular formula is C18H20FN3O3. The molecule has 1 fully saturated rings. The molecule has 132 valence electrons. The van der Waals surface area contributed by atoms with E-state index in [1.807, 2.05) is 6.92 Å². The van der Waals surface area contributed by atoms with Gasteiger partial charge in [-0.15, -0.1) is 0 Å². The number of hydrogen-bond donors (Lipinski definition) is 2. The molecule has 1 aromatic heterocycles. The molecule has 0 radical (unpaired) electrons. The number of hydrogen-bond acceptors (Lipinski definition) is 3. The Hall–Kier alpha value is -2.83. The Morgan fingerprint density at radius 2 is 2.20 bits per heavy atom. The molecule has 3 amide bonds. The highest BCUT2D eigenvalue weighted by Crippen LogP contribution is 2.25. The number of halogens is 1. The highest BCUT2D eigenvalue weighted by atomic mass is 19.1. The molecule has 25 heavy (non-hydrogen) atoms. The number of likely N-dealkylation sites (tertiary alicyclic amines) is 1. The van der Waals surface area contributed by atoms with Crippen molar-refractivity contribution in [1.29, 1.82) is 0 Å². The molecule has 1 aromatic carbocycles. The SMILES string of the molecule is CCC(=O)N1CC[C@@H](NC(=O)Nc2cc(-c3ccco3)ccc2F)C1. The second-order valence-electron chi connectivity index (χ2n) is 5.95. The van der Waals surface area contributed by atoms with Crippen LogP contribution in [-0.2, 0) is 4.79 Å². The second kappa shape index (κ2) is 7.38. The Kier molecular flexibility index (Phi) is 5.02. The summed E-state index contributed by atoms with van der Waals surface area (Å²) >= 11 is 0. The molecule has 2 heterocycles. The number of amides is 3. The average molecular weight is 345 g/mol. The van der Waals surface area contributed by atoms with Crippen molar-refractivity contribution in [2.45, 2.75) is 25.8 Å². The molecule has 7 heteroatoms. The van der Waals surface area contributed by atoms with E-state index in [4.69, 9.17) is 4.42 Å². The first-order chi connectivity index (χ1) is 12.1. The maximum atomic E-state index is 14.0. The van der Waals surface area contributed by atoms with Gasteiger partial charge in [0.1, 0.15) is 11.6 Å². The Labute approximate surface area is 145 Å². The molecule has 6 nitrogen and oxygen atoms in total. The van der Waals surface area contributed by atoms with Crippen LogP contribution in [0.4, 0.5) is 14.9 Å². The maximum Gasteiger partial charge on any atom is 0.319 e. The van der Waals surface area contributed by atoms with Crippen molar-refractivity contribution in [2.75, 3.05) is 18.4 Å². The molecule has 0 spiro atoms. The van der Waals surface area contributed by atoms with Gasteiger partial charge in [-0.05, 0) is 36.8 Å². The van der Waals surface area contributed by atoms with Gasteiger partial charge in [0, 0.05) is 31.1 Å². The summed E-state index contributed by atoms with van der Waals surface area (Å²) in [7, 11) is 0. The molecule has 1 saturated heterocycles. The van der Waals surface area contributed by atoms with Crippen LogP contribution >= 0.6 is 0 Å². The van der Waals surface area contributed by atoms with Gasteiger partial charge >= 0.3 is 6.03 Å². The van der Waals surface area contributed by atoms with E-state index in [-0.39, 0.29) is 17.6 Å². The molecule has 2 aromatic rings. The quantitative estimate of drug-likeness (QED) is 0.893. The van der Waals surface area contributed by atoms with Crippen LogP contribution in [0.5, 0.6) is 0 Å². The Balaban J connectivity index is 1.62. The molecule has 0 saturated carbocycles. The fraction of sp³-hybridized carbons (Fsp3) is 0.333. The summed E-state index contributed by atoms with van der Waals surface area (Å²) in [5.41, 5.74) is 0.744. The highest BCUT2D eigenvalue weighted by Gasteiger charge is 2.26.